The van der Waals surface area contributed by atoms with Gasteiger partial charge in [0.1, 0.15) is 5.75 Å². The first-order valence-electron chi connectivity index (χ1n) is 5.94. The summed E-state index contributed by atoms with van der Waals surface area (Å²) in [7, 11) is 0. The summed E-state index contributed by atoms with van der Waals surface area (Å²) in [6.45, 7) is 2.79. The van der Waals surface area contributed by atoms with Gasteiger partial charge in [-0.2, -0.15) is 0 Å². The average Bonchev–Trinajstić information content (AvgIpc) is 2.30. The Labute approximate surface area is 108 Å². The second-order valence-electron chi connectivity index (χ2n) is 4.10. The minimum atomic E-state index is -0.0962. The molecule has 0 amide bonds. The maximum atomic E-state index is 8.66. The van der Waals surface area contributed by atoms with Crippen molar-refractivity contribution in [1.82, 2.24) is 0 Å². The van der Waals surface area contributed by atoms with E-state index in [0.717, 1.165) is 30.6 Å². The third kappa shape index (κ3) is 4.94. The number of rotatable bonds is 7. The van der Waals surface area contributed by atoms with Crippen LogP contribution in [0.15, 0.2) is 18.2 Å². The summed E-state index contributed by atoms with van der Waals surface area (Å²) in [6, 6.07) is 5.40. The summed E-state index contributed by atoms with van der Waals surface area (Å²) in [5.74, 6) is 0.799. The molecule has 17 heavy (non-hydrogen) atoms. The Morgan fingerprint density at radius 1 is 1.35 bits per heavy atom. The molecule has 0 heterocycles. The van der Waals surface area contributed by atoms with Gasteiger partial charge < -0.3 is 15.6 Å². The Morgan fingerprint density at radius 2 is 2.12 bits per heavy atom. The zero-order chi connectivity index (χ0) is 12.7. The van der Waals surface area contributed by atoms with Gasteiger partial charge in [0.05, 0.1) is 6.61 Å². The Morgan fingerprint density at radius 3 is 2.76 bits per heavy atom. The molecule has 3 nitrogen and oxygen atoms in total. The Bertz CT molecular complexity index is 342. The molecule has 3 N–H and O–H groups in total. The van der Waals surface area contributed by atoms with Crippen LogP contribution in [-0.2, 0) is 0 Å². The highest BCUT2D eigenvalue weighted by Crippen LogP contribution is 2.27. The van der Waals surface area contributed by atoms with Gasteiger partial charge in [-0.3, -0.25) is 0 Å². The molecular weight excluding hydrogens is 238 g/mol. The number of ether oxygens (including phenoxy) is 1. The van der Waals surface area contributed by atoms with Crippen LogP contribution in [0.3, 0.4) is 0 Å². The van der Waals surface area contributed by atoms with E-state index in [1.54, 1.807) is 6.07 Å². The van der Waals surface area contributed by atoms with E-state index >= 15 is 0 Å². The smallest absolute Gasteiger partial charge is 0.124 e. The number of aliphatic hydroxyl groups is 1. The van der Waals surface area contributed by atoms with Crippen LogP contribution in [-0.4, -0.2) is 18.3 Å². The first kappa shape index (κ1) is 14.3. The predicted molar refractivity (Wildman–Crippen MR) is 70.5 cm³/mol. The number of unbranched alkanes of at least 4 members (excludes halogenated alkanes) is 2. The quantitative estimate of drug-likeness (QED) is 0.739. The minimum absolute atomic E-state index is 0.0962. The van der Waals surface area contributed by atoms with Crippen LogP contribution in [0, 0.1) is 0 Å². The lowest BCUT2D eigenvalue weighted by Crippen LogP contribution is -2.08. The van der Waals surface area contributed by atoms with Gasteiger partial charge in [0.15, 0.2) is 0 Å². The predicted octanol–water partition coefficient (Wildman–Crippen LogP) is 2.90. The van der Waals surface area contributed by atoms with Crippen LogP contribution in [0.5, 0.6) is 5.75 Å². The average molecular weight is 258 g/mol. The van der Waals surface area contributed by atoms with Crippen molar-refractivity contribution < 1.29 is 9.84 Å². The number of hydrogen-bond donors (Lipinski definition) is 2. The van der Waals surface area contributed by atoms with E-state index in [-0.39, 0.29) is 12.6 Å². The van der Waals surface area contributed by atoms with E-state index < -0.39 is 0 Å². The second-order valence-corrected chi connectivity index (χ2v) is 4.54. The number of nitrogens with two attached hydrogens (primary N) is 1. The molecule has 0 aliphatic heterocycles. The number of benzene rings is 1. The minimum Gasteiger partial charge on any atom is -0.493 e. The fraction of sp³-hybridized carbons (Fsp3) is 0.538. The van der Waals surface area contributed by atoms with Crippen LogP contribution < -0.4 is 10.5 Å². The fourth-order valence-corrected chi connectivity index (χ4v) is 1.76. The van der Waals surface area contributed by atoms with Gasteiger partial charge in [0.2, 0.25) is 0 Å². The van der Waals surface area contributed by atoms with Crippen LogP contribution in [0.25, 0.3) is 0 Å². The summed E-state index contributed by atoms with van der Waals surface area (Å²) in [6.07, 6.45) is 2.73. The summed E-state index contributed by atoms with van der Waals surface area (Å²) >= 11 is 5.92. The van der Waals surface area contributed by atoms with Crippen molar-refractivity contribution in [1.29, 1.82) is 0 Å². The number of aliphatic hydroxyl groups excluding tert-OH is 1. The third-order valence-electron chi connectivity index (χ3n) is 2.52. The van der Waals surface area contributed by atoms with Gasteiger partial charge in [-0.25, -0.2) is 0 Å². The molecule has 0 saturated heterocycles. The molecule has 0 aromatic heterocycles. The number of halogens is 1. The van der Waals surface area contributed by atoms with E-state index in [4.69, 9.17) is 27.2 Å². The molecule has 1 rings (SSSR count). The van der Waals surface area contributed by atoms with Gasteiger partial charge in [-0.05, 0) is 44.4 Å². The molecule has 1 atom stereocenters. The van der Waals surface area contributed by atoms with Crippen molar-refractivity contribution in [3.63, 3.8) is 0 Å². The Hall–Kier alpha value is -0.770. The first-order valence-corrected chi connectivity index (χ1v) is 6.31. The van der Waals surface area contributed by atoms with Crippen LogP contribution in [0.4, 0.5) is 0 Å². The zero-order valence-electron chi connectivity index (χ0n) is 10.2. The van der Waals surface area contributed by atoms with Crippen molar-refractivity contribution >= 4 is 11.6 Å². The topological polar surface area (TPSA) is 55.5 Å². The highest BCUT2D eigenvalue weighted by atomic mass is 35.5. The van der Waals surface area contributed by atoms with E-state index in [9.17, 15) is 0 Å². The summed E-state index contributed by atoms with van der Waals surface area (Å²) in [4.78, 5) is 0. The highest BCUT2D eigenvalue weighted by molar-refractivity contribution is 6.30. The van der Waals surface area contributed by atoms with E-state index in [0.29, 0.717) is 11.6 Å². The third-order valence-corrected chi connectivity index (χ3v) is 2.76. The van der Waals surface area contributed by atoms with Gasteiger partial charge in [0.25, 0.3) is 0 Å². The largest absolute Gasteiger partial charge is 0.493 e. The Balaban J connectivity index is 2.52. The van der Waals surface area contributed by atoms with Crippen LogP contribution in [0.1, 0.15) is 37.8 Å². The van der Waals surface area contributed by atoms with E-state index in [2.05, 4.69) is 0 Å². The lowest BCUT2D eigenvalue weighted by Gasteiger charge is -2.14. The van der Waals surface area contributed by atoms with Crippen LogP contribution in [0.2, 0.25) is 5.02 Å². The van der Waals surface area contributed by atoms with Gasteiger partial charge >= 0.3 is 0 Å². The standard InChI is InChI=1S/C13H20ClNO2/c1-10(15)12-9-11(14)5-6-13(12)17-8-4-2-3-7-16/h5-6,9-10,16H,2-4,7-8,15H2,1H3/t10-/m1/s1. The fourth-order valence-electron chi connectivity index (χ4n) is 1.58. The molecule has 0 aliphatic rings. The maximum absolute atomic E-state index is 8.66. The molecule has 1 aromatic rings. The molecular formula is C13H20ClNO2. The van der Waals surface area contributed by atoms with Crippen LogP contribution >= 0.6 is 11.6 Å². The van der Waals surface area contributed by atoms with Crippen molar-refractivity contribution in [3.05, 3.63) is 28.8 Å². The normalized spacial score (nSPS) is 12.5. The van der Waals surface area contributed by atoms with Crippen molar-refractivity contribution in [2.45, 2.75) is 32.2 Å². The van der Waals surface area contributed by atoms with Gasteiger partial charge in [-0.15, -0.1) is 0 Å². The SMILES string of the molecule is C[C@@H](N)c1cc(Cl)ccc1OCCCCCO. The lowest BCUT2D eigenvalue weighted by atomic mass is 10.1. The summed E-state index contributed by atoms with van der Waals surface area (Å²) in [5, 5.41) is 9.33. The molecule has 0 bridgehead atoms. The molecule has 4 heteroatoms. The summed E-state index contributed by atoms with van der Waals surface area (Å²) in [5.41, 5.74) is 6.79. The molecule has 0 saturated carbocycles. The molecule has 0 fully saturated rings. The highest BCUT2D eigenvalue weighted by Gasteiger charge is 2.08. The summed E-state index contributed by atoms with van der Waals surface area (Å²) < 4.78 is 5.68. The van der Waals surface area contributed by atoms with Gasteiger partial charge in [-0.1, -0.05) is 11.6 Å². The first-order chi connectivity index (χ1) is 8.15. The Kier molecular flexibility index (Phi) is 6.34. The van der Waals surface area contributed by atoms with Crippen molar-refractivity contribution in [2.24, 2.45) is 5.73 Å². The van der Waals surface area contributed by atoms with Gasteiger partial charge in [0, 0.05) is 23.2 Å². The zero-order valence-corrected chi connectivity index (χ0v) is 10.9. The van der Waals surface area contributed by atoms with Crippen molar-refractivity contribution in [3.8, 4) is 5.75 Å². The molecule has 0 spiro atoms. The lowest BCUT2D eigenvalue weighted by molar-refractivity contribution is 0.265. The molecule has 0 unspecified atom stereocenters. The van der Waals surface area contributed by atoms with E-state index in [1.807, 2.05) is 19.1 Å². The molecule has 0 aliphatic carbocycles. The molecule has 1 aromatic carbocycles. The van der Waals surface area contributed by atoms with Crippen molar-refractivity contribution in [2.75, 3.05) is 13.2 Å². The maximum Gasteiger partial charge on any atom is 0.124 e. The second kappa shape index (κ2) is 7.54. The number of hydrogen-bond acceptors (Lipinski definition) is 3. The molecule has 0 radical (unpaired) electrons. The van der Waals surface area contributed by atoms with E-state index in [1.165, 1.54) is 0 Å². The molecule has 96 valence electrons. The monoisotopic (exact) mass is 257 g/mol.